The van der Waals surface area contributed by atoms with Gasteiger partial charge in [0.2, 0.25) is 0 Å². The first-order chi connectivity index (χ1) is 11.6. The molecule has 1 aliphatic rings. The Morgan fingerprint density at radius 2 is 1.96 bits per heavy atom. The van der Waals surface area contributed by atoms with E-state index in [1.807, 2.05) is 0 Å². The Kier molecular flexibility index (Phi) is 6.13. The number of halogens is 4. The highest BCUT2D eigenvalue weighted by molar-refractivity contribution is 7.92. The van der Waals surface area contributed by atoms with E-state index in [1.54, 1.807) is 6.92 Å². The molecule has 0 aromatic heterocycles. The van der Waals surface area contributed by atoms with Gasteiger partial charge in [-0.15, -0.1) is 0 Å². The second-order valence-corrected chi connectivity index (χ2v) is 9.80. The van der Waals surface area contributed by atoms with E-state index in [2.05, 4.69) is 5.32 Å². The van der Waals surface area contributed by atoms with Crippen molar-refractivity contribution in [3.05, 3.63) is 24.0 Å². The predicted molar refractivity (Wildman–Crippen MR) is 88.0 cm³/mol. The molecule has 1 saturated carbocycles. The van der Waals surface area contributed by atoms with Crippen molar-refractivity contribution >= 4 is 26.3 Å². The third-order valence-electron chi connectivity index (χ3n) is 4.18. The highest BCUT2D eigenvalue weighted by atomic mass is 32.2. The minimum Gasteiger partial charge on any atom is -0.381 e. The van der Waals surface area contributed by atoms with Crippen molar-refractivity contribution < 1.29 is 30.2 Å². The van der Waals surface area contributed by atoms with Gasteiger partial charge in [-0.1, -0.05) is 13.3 Å². The Bertz CT molecular complexity index is 750. The monoisotopic (exact) mass is 401 g/mol. The minimum atomic E-state index is -5.68. The summed E-state index contributed by atoms with van der Waals surface area (Å²) in [6, 6.07) is 1.95. The zero-order chi connectivity index (χ0) is 18.8. The minimum absolute atomic E-state index is 0.0839. The Hall–Kier alpha value is -1.16. The molecular weight excluding hydrogens is 382 g/mol. The Morgan fingerprint density at radius 1 is 1.28 bits per heavy atom. The van der Waals surface area contributed by atoms with Gasteiger partial charge in [0.25, 0.3) is 9.84 Å². The van der Waals surface area contributed by atoms with Gasteiger partial charge >= 0.3 is 5.51 Å². The Labute approximate surface area is 146 Å². The van der Waals surface area contributed by atoms with Gasteiger partial charge in [-0.2, -0.15) is 13.2 Å². The molecule has 4 nitrogen and oxygen atoms in total. The second-order valence-electron chi connectivity index (χ2n) is 5.89. The highest BCUT2D eigenvalue weighted by Crippen LogP contribution is 2.36. The first-order valence-corrected chi connectivity index (χ1v) is 10.7. The van der Waals surface area contributed by atoms with Crippen LogP contribution in [0.4, 0.5) is 23.2 Å². The number of rotatable bonds is 5. The van der Waals surface area contributed by atoms with E-state index < -0.39 is 36.9 Å². The molecule has 1 N–H and O–H groups in total. The first-order valence-electron chi connectivity index (χ1n) is 7.81. The number of benzene rings is 1. The summed E-state index contributed by atoms with van der Waals surface area (Å²) in [5.74, 6) is -0.580. The number of anilines is 1. The first kappa shape index (κ1) is 20.2. The molecule has 3 unspecified atom stereocenters. The smallest absolute Gasteiger partial charge is 0.381 e. The van der Waals surface area contributed by atoms with Gasteiger partial charge in [0.1, 0.15) is 10.7 Å². The lowest BCUT2D eigenvalue weighted by atomic mass is 9.95. The van der Waals surface area contributed by atoms with Crippen molar-refractivity contribution in [3.63, 3.8) is 0 Å². The summed E-state index contributed by atoms with van der Waals surface area (Å²) in [4.78, 5) is -1.13. The topological polar surface area (TPSA) is 63.2 Å². The van der Waals surface area contributed by atoms with Crippen LogP contribution in [0.15, 0.2) is 23.1 Å². The third kappa shape index (κ3) is 4.52. The Balaban J connectivity index is 2.30. The fourth-order valence-corrected chi connectivity index (χ4v) is 5.21. The van der Waals surface area contributed by atoms with Crippen molar-refractivity contribution in [3.8, 4) is 0 Å². The molecule has 0 saturated heterocycles. The van der Waals surface area contributed by atoms with Crippen molar-refractivity contribution in [2.75, 3.05) is 11.1 Å². The molecule has 25 heavy (non-hydrogen) atoms. The summed E-state index contributed by atoms with van der Waals surface area (Å²) < 4.78 is 87.3. The van der Waals surface area contributed by atoms with Gasteiger partial charge in [-0.25, -0.2) is 12.8 Å². The van der Waals surface area contributed by atoms with Crippen LogP contribution in [-0.2, 0) is 20.6 Å². The largest absolute Gasteiger partial charge is 0.501 e. The molecule has 1 aromatic carbocycles. The lowest BCUT2D eigenvalue weighted by Crippen LogP contribution is -2.34. The molecule has 0 spiro atoms. The van der Waals surface area contributed by atoms with Crippen LogP contribution >= 0.6 is 0 Å². The van der Waals surface area contributed by atoms with Crippen LogP contribution < -0.4 is 5.32 Å². The van der Waals surface area contributed by atoms with E-state index in [1.165, 1.54) is 0 Å². The van der Waals surface area contributed by atoms with Crippen molar-refractivity contribution in [1.82, 2.24) is 0 Å². The van der Waals surface area contributed by atoms with Crippen LogP contribution in [0.5, 0.6) is 0 Å². The summed E-state index contributed by atoms with van der Waals surface area (Å²) in [6.07, 6.45) is 2.57. The molecule has 0 amide bonds. The van der Waals surface area contributed by atoms with Gasteiger partial charge in [0.15, 0.2) is 0 Å². The molecule has 142 valence electrons. The zero-order valence-corrected chi connectivity index (χ0v) is 15.1. The molecule has 0 radical (unpaired) electrons. The summed E-state index contributed by atoms with van der Waals surface area (Å²) in [7, 11) is -6.71. The molecule has 0 bridgehead atoms. The van der Waals surface area contributed by atoms with E-state index in [4.69, 9.17) is 0 Å². The van der Waals surface area contributed by atoms with E-state index in [9.17, 15) is 30.2 Å². The van der Waals surface area contributed by atoms with Crippen LogP contribution in [-0.4, -0.2) is 35.2 Å². The van der Waals surface area contributed by atoms with Crippen LogP contribution in [0.3, 0.4) is 0 Å². The van der Waals surface area contributed by atoms with E-state index in [0.29, 0.717) is 24.7 Å². The average molecular weight is 401 g/mol. The van der Waals surface area contributed by atoms with Crippen LogP contribution in [0, 0.1) is 5.82 Å². The maximum Gasteiger partial charge on any atom is 0.501 e. The average Bonchev–Trinajstić information content (AvgIpc) is 2.55. The maximum atomic E-state index is 13.4. The van der Waals surface area contributed by atoms with Crippen molar-refractivity contribution in [2.24, 2.45) is 0 Å². The van der Waals surface area contributed by atoms with Crippen molar-refractivity contribution in [1.29, 1.82) is 0 Å². The van der Waals surface area contributed by atoms with Crippen LogP contribution in [0.2, 0.25) is 0 Å². The Morgan fingerprint density at radius 3 is 2.56 bits per heavy atom. The zero-order valence-electron chi connectivity index (χ0n) is 13.5. The highest BCUT2D eigenvalue weighted by Gasteiger charge is 2.48. The SMILES string of the molecule is CCS(=O)C1CCCC(Nc2ccc(F)cc2S(=O)(=O)C(F)(F)F)C1. The van der Waals surface area contributed by atoms with Gasteiger partial charge in [0.05, 0.1) is 5.69 Å². The summed E-state index contributed by atoms with van der Waals surface area (Å²) in [5, 5.41) is 2.70. The standard InChI is InChI=1S/C15H19F4NO3S2/c1-2-24(21)12-5-3-4-11(9-12)20-13-7-6-10(16)8-14(13)25(22,23)15(17,18)19/h6-8,11-12,20H,2-5,9H2,1H3. The quantitative estimate of drug-likeness (QED) is 0.766. The van der Waals surface area contributed by atoms with E-state index in [-0.39, 0.29) is 17.0 Å². The van der Waals surface area contributed by atoms with Gasteiger partial charge in [0, 0.05) is 27.8 Å². The lowest BCUT2D eigenvalue weighted by Gasteiger charge is -2.30. The van der Waals surface area contributed by atoms with Crippen LogP contribution in [0.25, 0.3) is 0 Å². The number of alkyl halides is 3. The fourth-order valence-electron chi connectivity index (χ4n) is 2.93. The van der Waals surface area contributed by atoms with Gasteiger partial charge < -0.3 is 5.32 Å². The molecule has 1 fully saturated rings. The molecular formula is C15H19F4NO3S2. The second kappa shape index (κ2) is 7.61. The summed E-state index contributed by atoms with van der Waals surface area (Å²) in [6.45, 7) is 1.79. The molecule has 0 aliphatic heterocycles. The normalized spacial score (nSPS) is 23.2. The van der Waals surface area contributed by atoms with Gasteiger partial charge in [-0.05, 0) is 37.5 Å². The third-order valence-corrected chi connectivity index (χ3v) is 7.45. The number of nitrogens with one attached hydrogen (secondary N) is 1. The maximum absolute atomic E-state index is 13.4. The van der Waals surface area contributed by atoms with E-state index >= 15 is 0 Å². The number of sulfone groups is 1. The number of hydrogen-bond acceptors (Lipinski definition) is 4. The lowest BCUT2D eigenvalue weighted by molar-refractivity contribution is -0.0435. The van der Waals surface area contributed by atoms with Crippen LogP contribution in [0.1, 0.15) is 32.6 Å². The molecule has 1 aromatic rings. The van der Waals surface area contributed by atoms with E-state index in [0.717, 1.165) is 25.0 Å². The molecule has 10 heteroatoms. The van der Waals surface area contributed by atoms with Crippen molar-refractivity contribution in [2.45, 2.75) is 54.3 Å². The number of hydrogen-bond donors (Lipinski definition) is 1. The molecule has 1 aliphatic carbocycles. The molecule has 0 heterocycles. The summed E-state index contributed by atoms with van der Waals surface area (Å²) in [5.41, 5.74) is -5.80. The molecule has 3 atom stereocenters. The fraction of sp³-hybridized carbons (Fsp3) is 0.600. The van der Waals surface area contributed by atoms with Gasteiger partial charge in [-0.3, -0.25) is 4.21 Å². The predicted octanol–water partition coefficient (Wildman–Crippen LogP) is 3.61. The molecule has 2 rings (SSSR count). The summed E-state index contributed by atoms with van der Waals surface area (Å²) >= 11 is 0.